The number of halogens is 2. The van der Waals surface area contributed by atoms with Gasteiger partial charge in [0.1, 0.15) is 10.8 Å². The maximum Gasteiger partial charge on any atom is 0.153 e. The van der Waals surface area contributed by atoms with Gasteiger partial charge in [-0.25, -0.2) is 4.39 Å². The summed E-state index contributed by atoms with van der Waals surface area (Å²) in [4.78, 5) is 0. The summed E-state index contributed by atoms with van der Waals surface area (Å²) in [5.74, 6) is 1.43. The van der Waals surface area contributed by atoms with Gasteiger partial charge in [0.25, 0.3) is 0 Å². The minimum absolute atomic E-state index is 0.0374. The highest BCUT2D eigenvalue weighted by Crippen LogP contribution is 2.38. The standard InChI is InChI=1S/C20H22ClFO/c1-13-3-5-14(6-4-13)15-7-9-16(10-8-15)17-11-12-18(23-2)19(21)20(17)22/h7-14H,3-6H2,1-2H3. The van der Waals surface area contributed by atoms with E-state index < -0.39 is 5.82 Å². The number of ether oxygens (including phenoxy) is 1. The highest BCUT2D eigenvalue weighted by molar-refractivity contribution is 6.32. The van der Waals surface area contributed by atoms with Crippen LogP contribution in [0.25, 0.3) is 11.1 Å². The van der Waals surface area contributed by atoms with Crippen LogP contribution >= 0.6 is 11.6 Å². The molecule has 3 rings (SSSR count). The average Bonchev–Trinajstić information content (AvgIpc) is 2.58. The summed E-state index contributed by atoms with van der Waals surface area (Å²) >= 11 is 6.02. The third-order valence-electron chi connectivity index (χ3n) is 4.98. The topological polar surface area (TPSA) is 9.23 Å². The van der Waals surface area contributed by atoms with E-state index in [0.717, 1.165) is 11.5 Å². The van der Waals surface area contributed by atoms with Crippen molar-refractivity contribution in [1.82, 2.24) is 0 Å². The quantitative estimate of drug-likeness (QED) is 0.627. The van der Waals surface area contributed by atoms with E-state index in [1.165, 1.54) is 38.4 Å². The molecule has 0 saturated heterocycles. The van der Waals surface area contributed by atoms with Gasteiger partial charge in [-0.15, -0.1) is 0 Å². The summed E-state index contributed by atoms with van der Waals surface area (Å²) in [5, 5.41) is 0.0374. The van der Waals surface area contributed by atoms with Crippen molar-refractivity contribution >= 4 is 11.6 Å². The van der Waals surface area contributed by atoms with E-state index in [-0.39, 0.29) is 5.02 Å². The van der Waals surface area contributed by atoms with Crippen molar-refractivity contribution in [3.05, 3.63) is 52.8 Å². The molecule has 1 fully saturated rings. The van der Waals surface area contributed by atoms with E-state index in [9.17, 15) is 4.39 Å². The van der Waals surface area contributed by atoms with E-state index in [1.54, 1.807) is 12.1 Å². The van der Waals surface area contributed by atoms with Gasteiger partial charge in [0.05, 0.1) is 7.11 Å². The molecule has 0 atom stereocenters. The lowest BCUT2D eigenvalue weighted by Gasteiger charge is -2.26. The first-order valence-electron chi connectivity index (χ1n) is 8.22. The molecular formula is C20H22ClFO. The number of hydrogen-bond donors (Lipinski definition) is 0. The maximum absolute atomic E-state index is 14.4. The van der Waals surface area contributed by atoms with Crippen LogP contribution in [0, 0.1) is 11.7 Å². The molecule has 3 heteroatoms. The average molecular weight is 333 g/mol. The van der Waals surface area contributed by atoms with Gasteiger partial charge in [-0.1, -0.05) is 55.6 Å². The lowest BCUT2D eigenvalue weighted by atomic mass is 9.79. The summed E-state index contributed by atoms with van der Waals surface area (Å²) in [6.07, 6.45) is 5.11. The Balaban J connectivity index is 1.84. The number of benzene rings is 2. The van der Waals surface area contributed by atoms with Crippen molar-refractivity contribution in [2.24, 2.45) is 5.92 Å². The molecule has 1 nitrogen and oxygen atoms in total. The van der Waals surface area contributed by atoms with Crippen molar-refractivity contribution in [2.75, 3.05) is 7.11 Å². The van der Waals surface area contributed by atoms with Gasteiger partial charge in [0, 0.05) is 5.56 Å². The summed E-state index contributed by atoms with van der Waals surface area (Å²) in [6.45, 7) is 2.33. The first kappa shape index (κ1) is 16.3. The second-order valence-electron chi connectivity index (χ2n) is 6.52. The van der Waals surface area contributed by atoms with Crippen LogP contribution in [0.3, 0.4) is 0 Å². The van der Waals surface area contributed by atoms with Gasteiger partial charge in [0.2, 0.25) is 0 Å². The van der Waals surface area contributed by atoms with Gasteiger partial charge >= 0.3 is 0 Å². The van der Waals surface area contributed by atoms with Crippen LogP contribution in [0.2, 0.25) is 5.02 Å². The Hall–Kier alpha value is -1.54. The van der Waals surface area contributed by atoms with Crippen molar-refractivity contribution in [2.45, 2.75) is 38.5 Å². The lowest BCUT2D eigenvalue weighted by molar-refractivity contribution is 0.348. The smallest absolute Gasteiger partial charge is 0.153 e. The van der Waals surface area contributed by atoms with E-state index in [1.807, 2.05) is 12.1 Å². The van der Waals surface area contributed by atoms with Crippen LogP contribution in [0.5, 0.6) is 5.75 Å². The van der Waals surface area contributed by atoms with Gasteiger partial charge in [-0.2, -0.15) is 0 Å². The van der Waals surface area contributed by atoms with E-state index in [2.05, 4.69) is 19.1 Å². The Morgan fingerprint density at radius 3 is 2.26 bits per heavy atom. The number of rotatable bonds is 3. The Morgan fingerprint density at radius 2 is 1.65 bits per heavy atom. The molecule has 0 aliphatic heterocycles. The lowest BCUT2D eigenvalue weighted by Crippen LogP contribution is -2.10. The van der Waals surface area contributed by atoms with Gasteiger partial charge in [-0.05, 0) is 47.9 Å². The summed E-state index contributed by atoms with van der Waals surface area (Å²) < 4.78 is 19.5. The predicted octanol–water partition coefficient (Wildman–Crippen LogP) is 6.45. The molecule has 0 unspecified atom stereocenters. The fourth-order valence-electron chi connectivity index (χ4n) is 3.44. The van der Waals surface area contributed by atoms with Crippen molar-refractivity contribution in [3.8, 4) is 16.9 Å². The first-order valence-corrected chi connectivity index (χ1v) is 8.60. The van der Waals surface area contributed by atoms with Gasteiger partial charge in [0.15, 0.2) is 5.82 Å². The van der Waals surface area contributed by atoms with Crippen molar-refractivity contribution in [1.29, 1.82) is 0 Å². The molecule has 1 saturated carbocycles. The minimum atomic E-state index is -0.426. The molecule has 0 N–H and O–H groups in total. The van der Waals surface area contributed by atoms with E-state index in [4.69, 9.17) is 16.3 Å². The van der Waals surface area contributed by atoms with E-state index in [0.29, 0.717) is 17.2 Å². The fourth-order valence-corrected chi connectivity index (χ4v) is 3.68. The molecule has 0 heterocycles. The molecule has 122 valence electrons. The highest BCUT2D eigenvalue weighted by atomic mass is 35.5. The molecule has 0 amide bonds. The SMILES string of the molecule is COc1ccc(-c2ccc(C3CCC(C)CC3)cc2)c(F)c1Cl. The van der Waals surface area contributed by atoms with Crippen LogP contribution in [-0.4, -0.2) is 7.11 Å². The Morgan fingerprint density at radius 1 is 1.00 bits per heavy atom. The molecule has 1 aliphatic carbocycles. The number of hydrogen-bond acceptors (Lipinski definition) is 1. The largest absolute Gasteiger partial charge is 0.495 e. The third kappa shape index (κ3) is 3.37. The second-order valence-corrected chi connectivity index (χ2v) is 6.90. The molecule has 0 aromatic heterocycles. The van der Waals surface area contributed by atoms with Crippen LogP contribution in [-0.2, 0) is 0 Å². The van der Waals surface area contributed by atoms with Crippen LogP contribution < -0.4 is 4.74 Å². The Bertz CT molecular complexity index is 673. The van der Waals surface area contributed by atoms with Gasteiger partial charge in [-0.3, -0.25) is 0 Å². The summed E-state index contributed by atoms with van der Waals surface area (Å²) in [7, 11) is 1.49. The molecule has 0 radical (unpaired) electrons. The Labute approximate surface area is 142 Å². The maximum atomic E-state index is 14.4. The zero-order chi connectivity index (χ0) is 16.4. The van der Waals surface area contributed by atoms with Crippen LogP contribution in [0.15, 0.2) is 36.4 Å². The Kier molecular flexibility index (Phi) is 4.91. The van der Waals surface area contributed by atoms with E-state index >= 15 is 0 Å². The predicted molar refractivity (Wildman–Crippen MR) is 93.8 cm³/mol. The summed E-state index contributed by atoms with van der Waals surface area (Å²) in [6, 6.07) is 11.7. The first-order chi connectivity index (χ1) is 11.1. The zero-order valence-electron chi connectivity index (χ0n) is 13.6. The van der Waals surface area contributed by atoms with Crippen molar-refractivity contribution < 1.29 is 9.13 Å². The van der Waals surface area contributed by atoms with Gasteiger partial charge < -0.3 is 4.74 Å². The third-order valence-corrected chi connectivity index (χ3v) is 5.33. The number of methoxy groups -OCH3 is 1. The highest BCUT2D eigenvalue weighted by Gasteiger charge is 2.20. The fraction of sp³-hybridized carbons (Fsp3) is 0.400. The molecular weight excluding hydrogens is 311 g/mol. The molecule has 23 heavy (non-hydrogen) atoms. The molecule has 0 spiro atoms. The monoisotopic (exact) mass is 332 g/mol. The van der Waals surface area contributed by atoms with Crippen LogP contribution in [0.1, 0.15) is 44.1 Å². The molecule has 0 bridgehead atoms. The normalized spacial score (nSPS) is 21.2. The molecule has 2 aromatic rings. The molecule has 1 aliphatic rings. The second kappa shape index (κ2) is 6.92. The van der Waals surface area contributed by atoms with Crippen LogP contribution in [0.4, 0.5) is 4.39 Å². The minimum Gasteiger partial charge on any atom is -0.495 e. The van der Waals surface area contributed by atoms with Crippen molar-refractivity contribution in [3.63, 3.8) is 0 Å². The molecule has 2 aromatic carbocycles. The zero-order valence-corrected chi connectivity index (χ0v) is 14.4. The summed E-state index contributed by atoms with van der Waals surface area (Å²) in [5.41, 5.74) is 2.72.